The Bertz CT molecular complexity index is 1150. The third-order valence-corrected chi connectivity index (χ3v) is 5.87. The van der Waals surface area contributed by atoms with Crippen LogP contribution in [-0.4, -0.2) is 59.0 Å². The Hall–Kier alpha value is -4.14. The first-order valence-electron chi connectivity index (χ1n) is 11.8. The lowest BCUT2D eigenvalue weighted by Gasteiger charge is -2.30. The molecule has 37 heavy (non-hydrogen) atoms. The van der Waals surface area contributed by atoms with Gasteiger partial charge >= 0.3 is 11.9 Å². The van der Waals surface area contributed by atoms with Crippen molar-refractivity contribution in [2.45, 2.75) is 25.8 Å². The summed E-state index contributed by atoms with van der Waals surface area (Å²) in [4.78, 5) is 27.7. The Labute approximate surface area is 217 Å². The predicted octanol–water partition coefficient (Wildman–Crippen LogP) is 4.21. The van der Waals surface area contributed by atoms with Crippen molar-refractivity contribution in [1.82, 2.24) is 4.90 Å². The highest BCUT2D eigenvalue weighted by Crippen LogP contribution is 2.41. The average Bonchev–Trinajstić information content (AvgIpc) is 2.94. The van der Waals surface area contributed by atoms with Crippen molar-refractivity contribution in [1.29, 1.82) is 0 Å². The first-order chi connectivity index (χ1) is 17.9. The van der Waals surface area contributed by atoms with E-state index in [9.17, 15) is 9.59 Å². The fourth-order valence-corrected chi connectivity index (χ4v) is 4.12. The van der Waals surface area contributed by atoms with Gasteiger partial charge in [-0.3, -0.25) is 0 Å². The quantitative estimate of drug-likeness (QED) is 0.411. The van der Waals surface area contributed by atoms with E-state index in [1.807, 2.05) is 19.1 Å². The molecule has 0 saturated heterocycles. The van der Waals surface area contributed by atoms with Crippen molar-refractivity contribution < 1.29 is 38.0 Å². The molecule has 9 nitrogen and oxygen atoms in total. The average molecular weight is 512 g/mol. The lowest BCUT2D eigenvalue weighted by atomic mass is 9.83. The van der Waals surface area contributed by atoms with Crippen molar-refractivity contribution in [2.75, 3.05) is 42.2 Å². The highest BCUT2D eigenvalue weighted by atomic mass is 16.5. The van der Waals surface area contributed by atoms with E-state index in [1.54, 1.807) is 55.8 Å². The first kappa shape index (κ1) is 27.4. The van der Waals surface area contributed by atoms with E-state index in [0.29, 0.717) is 41.7 Å². The second-order valence-electron chi connectivity index (χ2n) is 8.21. The molecule has 2 aromatic rings. The molecule has 0 aliphatic carbocycles. The van der Waals surface area contributed by atoms with Gasteiger partial charge in [-0.1, -0.05) is 19.1 Å². The molecule has 0 radical (unpaired) electrons. The maximum Gasteiger partial charge on any atom is 0.336 e. The number of carbonyl (C=O) groups is 2. The highest BCUT2D eigenvalue weighted by molar-refractivity contribution is 5.98. The van der Waals surface area contributed by atoms with Crippen LogP contribution < -0.4 is 18.9 Å². The van der Waals surface area contributed by atoms with Crippen molar-refractivity contribution in [3.8, 4) is 23.0 Å². The Kier molecular flexibility index (Phi) is 9.43. The molecule has 1 heterocycles. The number of rotatable bonds is 11. The molecule has 2 aromatic carbocycles. The van der Waals surface area contributed by atoms with Crippen LogP contribution in [0.1, 0.15) is 30.4 Å². The number of benzene rings is 2. The van der Waals surface area contributed by atoms with Crippen LogP contribution >= 0.6 is 0 Å². The van der Waals surface area contributed by atoms with Gasteiger partial charge in [-0.15, -0.1) is 0 Å². The second-order valence-corrected chi connectivity index (χ2v) is 8.21. The van der Waals surface area contributed by atoms with E-state index in [2.05, 4.69) is 0 Å². The minimum Gasteiger partial charge on any atom is -0.493 e. The van der Waals surface area contributed by atoms with Crippen LogP contribution in [0.2, 0.25) is 0 Å². The molecular weight excluding hydrogens is 478 g/mol. The van der Waals surface area contributed by atoms with Gasteiger partial charge in [0.2, 0.25) is 0 Å². The molecule has 0 unspecified atom stereocenters. The molecule has 0 fully saturated rings. The summed E-state index contributed by atoms with van der Waals surface area (Å²) in [5.41, 5.74) is 2.07. The van der Waals surface area contributed by atoms with Gasteiger partial charge in [0, 0.05) is 18.9 Å². The second kappa shape index (κ2) is 12.7. The zero-order valence-electron chi connectivity index (χ0n) is 22.0. The van der Waals surface area contributed by atoms with Crippen molar-refractivity contribution >= 4 is 11.9 Å². The third kappa shape index (κ3) is 6.17. The molecular formula is C28H33NO8. The normalized spacial score (nSPS) is 13.3. The van der Waals surface area contributed by atoms with Gasteiger partial charge in [0.25, 0.3) is 0 Å². The van der Waals surface area contributed by atoms with Gasteiger partial charge in [-0.05, 0) is 41.8 Å². The van der Waals surface area contributed by atoms with E-state index in [0.717, 1.165) is 12.0 Å². The lowest BCUT2D eigenvalue weighted by Crippen LogP contribution is -2.28. The molecule has 0 atom stereocenters. The van der Waals surface area contributed by atoms with Crippen LogP contribution in [0.5, 0.6) is 23.0 Å². The SMILES string of the molecule is CCCOc1ccc(C2C(C(=O)OC)=CN(Cc3ccc(OC)c(OC)c3)C=C2C(=O)OC)cc1OC. The smallest absolute Gasteiger partial charge is 0.336 e. The predicted molar refractivity (Wildman–Crippen MR) is 137 cm³/mol. The van der Waals surface area contributed by atoms with Crippen LogP contribution in [0.3, 0.4) is 0 Å². The summed E-state index contributed by atoms with van der Waals surface area (Å²) in [6, 6.07) is 10.8. The van der Waals surface area contributed by atoms with Crippen LogP contribution in [0.15, 0.2) is 59.9 Å². The molecule has 0 saturated carbocycles. The van der Waals surface area contributed by atoms with Gasteiger partial charge in [-0.25, -0.2) is 9.59 Å². The monoisotopic (exact) mass is 511 g/mol. The largest absolute Gasteiger partial charge is 0.493 e. The zero-order valence-corrected chi connectivity index (χ0v) is 22.0. The Morgan fingerprint density at radius 3 is 1.86 bits per heavy atom. The van der Waals surface area contributed by atoms with Crippen LogP contribution in [0.4, 0.5) is 0 Å². The van der Waals surface area contributed by atoms with E-state index < -0.39 is 17.9 Å². The summed E-state index contributed by atoms with van der Waals surface area (Å²) in [6.45, 7) is 2.89. The number of nitrogens with zero attached hydrogens (tertiary/aromatic N) is 1. The van der Waals surface area contributed by atoms with Crippen molar-refractivity contribution in [2.24, 2.45) is 0 Å². The molecule has 1 aliphatic rings. The zero-order chi connectivity index (χ0) is 26.9. The standard InChI is InChI=1S/C28H33NO8/c1-7-12-37-23-11-9-19(14-25(23)34-4)26-20(27(30)35-5)16-29(17-21(26)28(31)36-6)15-18-8-10-22(32-2)24(13-18)33-3/h8-11,13-14,16-17,26H,7,12,15H2,1-6H3. The Balaban J connectivity index is 2.07. The van der Waals surface area contributed by atoms with Gasteiger partial charge in [0.1, 0.15) is 0 Å². The summed E-state index contributed by atoms with van der Waals surface area (Å²) >= 11 is 0. The number of methoxy groups -OCH3 is 5. The van der Waals surface area contributed by atoms with E-state index >= 15 is 0 Å². The van der Waals surface area contributed by atoms with Crippen molar-refractivity contribution in [3.05, 3.63) is 71.1 Å². The molecule has 0 bridgehead atoms. The van der Waals surface area contributed by atoms with Gasteiger partial charge in [-0.2, -0.15) is 0 Å². The van der Waals surface area contributed by atoms with Crippen molar-refractivity contribution in [3.63, 3.8) is 0 Å². The minimum absolute atomic E-state index is 0.273. The molecule has 0 amide bonds. The molecule has 198 valence electrons. The fraction of sp³-hybridized carbons (Fsp3) is 0.357. The summed E-state index contributed by atoms with van der Waals surface area (Å²) in [5, 5.41) is 0. The molecule has 0 spiro atoms. The lowest BCUT2D eigenvalue weighted by molar-refractivity contribution is -0.137. The van der Waals surface area contributed by atoms with Gasteiger partial charge in [0.05, 0.1) is 59.2 Å². The summed E-state index contributed by atoms with van der Waals surface area (Å²) < 4.78 is 32.2. The number of ether oxygens (including phenoxy) is 6. The van der Waals surface area contributed by atoms with Crippen LogP contribution in [0, 0.1) is 0 Å². The van der Waals surface area contributed by atoms with Gasteiger partial charge < -0.3 is 33.3 Å². The summed E-state index contributed by atoms with van der Waals surface area (Å²) in [7, 11) is 7.27. The molecule has 3 rings (SSSR count). The maximum atomic E-state index is 13.0. The molecule has 0 N–H and O–H groups in total. The van der Waals surface area contributed by atoms with E-state index in [4.69, 9.17) is 28.4 Å². The Morgan fingerprint density at radius 2 is 1.32 bits per heavy atom. The highest BCUT2D eigenvalue weighted by Gasteiger charge is 2.35. The van der Waals surface area contributed by atoms with Crippen LogP contribution in [0.25, 0.3) is 0 Å². The number of carbonyl (C=O) groups excluding carboxylic acids is 2. The molecule has 9 heteroatoms. The number of esters is 2. The maximum absolute atomic E-state index is 13.0. The first-order valence-corrected chi connectivity index (χ1v) is 11.8. The third-order valence-electron chi connectivity index (χ3n) is 5.87. The van der Waals surface area contributed by atoms with E-state index in [1.165, 1.54) is 21.3 Å². The number of hydrogen-bond acceptors (Lipinski definition) is 9. The number of hydrogen-bond donors (Lipinski definition) is 0. The minimum atomic E-state index is -0.740. The summed E-state index contributed by atoms with van der Waals surface area (Å²) in [6.07, 6.45) is 4.19. The Morgan fingerprint density at radius 1 is 0.757 bits per heavy atom. The van der Waals surface area contributed by atoms with Gasteiger partial charge in [0.15, 0.2) is 23.0 Å². The molecule has 1 aliphatic heterocycles. The molecule has 0 aromatic heterocycles. The topological polar surface area (TPSA) is 92.8 Å². The fourth-order valence-electron chi connectivity index (χ4n) is 4.12. The van der Waals surface area contributed by atoms with E-state index in [-0.39, 0.29) is 11.1 Å². The van der Waals surface area contributed by atoms with Crippen LogP contribution in [-0.2, 0) is 25.6 Å². The summed E-state index contributed by atoms with van der Waals surface area (Å²) in [5.74, 6) is 0.363.